The first kappa shape index (κ1) is 16.9. The van der Waals surface area contributed by atoms with Crippen molar-refractivity contribution < 1.29 is 44.6 Å². The van der Waals surface area contributed by atoms with Crippen LogP contribution in [0.3, 0.4) is 0 Å². The van der Waals surface area contributed by atoms with Crippen LogP contribution < -0.4 is 34.3 Å². The van der Waals surface area contributed by atoms with Crippen LogP contribution in [0.4, 0.5) is 0 Å². The Kier molecular flexibility index (Phi) is 7.55. The monoisotopic (exact) mass is 252 g/mol. The van der Waals surface area contributed by atoms with Gasteiger partial charge in [0, 0.05) is 11.1 Å². The van der Waals surface area contributed by atoms with E-state index in [-0.39, 0.29) is 40.8 Å². The van der Waals surface area contributed by atoms with Crippen LogP contribution in [-0.2, 0) is 0 Å². The maximum Gasteiger partial charge on any atom is 1.00 e. The molecule has 0 unspecified atom stereocenters. The van der Waals surface area contributed by atoms with Crippen molar-refractivity contribution in [2.45, 2.75) is 0 Å². The van der Waals surface area contributed by atoms with Crippen molar-refractivity contribution in [1.82, 2.24) is 0 Å². The summed E-state index contributed by atoms with van der Waals surface area (Å²) in [5, 5.41) is 0. The summed E-state index contributed by atoms with van der Waals surface area (Å²) in [4.78, 5) is 12.1. The molecule has 3 nitrogen and oxygen atoms in total. The molecule has 2 aromatic rings. The Labute approximate surface area is 128 Å². The summed E-state index contributed by atoms with van der Waals surface area (Å²) in [6.45, 7) is 0. The molecular formula is C14H13NaO3. The van der Waals surface area contributed by atoms with Gasteiger partial charge < -0.3 is 10.2 Å². The molecular weight excluding hydrogens is 239 g/mol. The Bertz CT molecular complexity index is 497. The second-order valence-corrected chi connectivity index (χ2v) is 3.43. The van der Waals surface area contributed by atoms with E-state index in [1.54, 1.807) is 19.2 Å². The number of ketones is 1. The average Bonchev–Trinajstić information content (AvgIpc) is 2.39. The van der Waals surface area contributed by atoms with Crippen molar-refractivity contribution in [2.24, 2.45) is 0 Å². The largest absolute Gasteiger partial charge is 1.00 e. The first-order chi connectivity index (χ1) is 7.81. The number of ether oxygens (including phenoxy) is 1. The molecule has 4 heteroatoms. The van der Waals surface area contributed by atoms with Crippen molar-refractivity contribution in [1.29, 1.82) is 0 Å². The Balaban J connectivity index is 0.00000144. The first-order valence-corrected chi connectivity index (χ1v) is 5.05. The number of carbonyl (C=O) groups excluding carboxylic acids is 1. The van der Waals surface area contributed by atoms with Crippen molar-refractivity contribution in [3.63, 3.8) is 0 Å². The number of methoxy groups -OCH3 is 1. The van der Waals surface area contributed by atoms with E-state index < -0.39 is 0 Å². The summed E-state index contributed by atoms with van der Waals surface area (Å²) in [5.41, 5.74) is 1.33. The van der Waals surface area contributed by atoms with E-state index in [4.69, 9.17) is 4.74 Å². The van der Waals surface area contributed by atoms with Crippen LogP contribution in [0, 0.1) is 0 Å². The molecule has 0 aliphatic heterocycles. The molecule has 2 rings (SSSR count). The van der Waals surface area contributed by atoms with Crippen molar-refractivity contribution >= 4 is 5.78 Å². The summed E-state index contributed by atoms with van der Waals surface area (Å²) in [6, 6.07) is 16.4. The topological polar surface area (TPSA) is 56.3 Å². The van der Waals surface area contributed by atoms with Gasteiger partial charge in [0.2, 0.25) is 0 Å². The third-order valence-corrected chi connectivity index (χ3v) is 2.37. The molecule has 88 valence electrons. The molecule has 0 aliphatic rings. The molecule has 0 amide bonds. The summed E-state index contributed by atoms with van der Waals surface area (Å²) >= 11 is 0. The van der Waals surface area contributed by atoms with Gasteiger partial charge in [0.1, 0.15) is 5.75 Å². The predicted octanol–water partition coefficient (Wildman–Crippen LogP) is -0.247. The minimum atomic E-state index is 0. The van der Waals surface area contributed by atoms with Gasteiger partial charge in [-0.3, -0.25) is 4.79 Å². The van der Waals surface area contributed by atoms with E-state index in [0.717, 1.165) is 0 Å². The minimum absolute atomic E-state index is 0. The fourth-order valence-corrected chi connectivity index (χ4v) is 1.52. The normalized spacial score (nSPS) is 8.72. The fourth-order valence-electron chi connectivity index (χ4n) is 1.52. The van der Waals surface area contributed by atoms with Crippen molar-refractivity contribution in [2.75, 3.05) is 7.11 Å². The molecule has 18 heavy (non-hydrogen) atoms. The van der Waals surface area contributed by atoms with E-state index in [1.165, 1.54) is 0 Å². The first-order valence-electron chi connectivity index (χ1n) is 5.05. The van der Waals surface area contributed by atoms with E-state index in [9.17, 15) is 4.79 Å². The van der Waals surface area contributed by atoms with Crippen molar-refractivity contribution in [3.05, 3.63) is 65.7 Å². The van der Waals surface area contributed by atoms with Gasteiger partial charge in [-0.2, -0.15) is 0 Å². The number of hydrogen-bond donors (Lipinski definition) is 0. The zero-order valence-electron chi connectivity index (χ0n) is 10.5. The Morgan fingerprint density at radius 2 is 1.56 bits per heavy atom. The van der Waals surface area contributed by atoms with Crippen LogP contribution in [0.1, 0.15) is 15.9 Å². The van der Waals surface area contributed by atoms with Crippen LogP contribution in [0.5, 0.6) is 5.75 Å². The molecule has 0 saturated carbocycles. The van der Waals surface area contributed by atoms with E-state index in [0.29, 0.717) is 16.9 Å². The zero-order chi connectivity index (χ0) is 11.4. The molecule has 0 aromatic heterocycles. The number of benzene rings is 2. The summed E-state index contributed by atoms with van der Waals surface area (Å²) in [6.07, 6.45) is 0. The number of hydrogen-bond acceptors (Lipinski definition) is 3. The van der Waals surface area contributed by atoms with Crippen LogP contribution in [-0.4, -0.2) is 18.4 Å². The molecule has 0 spiro atoms. The molecule has 0 heterocycles. The van der Waals surface area contributed by atoms with Crippen LogP contribution >= 0.6 is 0 Å². The Morgan fingerprint density at radius 3 is 2.17 bits per heavy atom. The predicted molar refractivity (Wildman–Crippen MR) is 64.8 cm³/mol. The van der Waals surface area contributed by atoms with Gasteiger partial charge in [0.25, 0.3) is 0 Å². The molecule has 1 N–H and O–H groups in total. The molecule has 0 saturated heterocycles. The van der Waals surface area contributed by atoms with Gasteiger partial charge in [-0.25, -0.2) is 0 Å². The smallest absolute Gasteiger partial charge is 0.870 e. The second kappa shape index (κ2) is 8.06. The standard InChI is InChI=1S/C14H12O2.Na.H2O/c1-16-13-9-5-8-12(10-13)14(15)11-6-3-2-4-7-11;;/h2-10H,1H3;;1H2/q;+1;/p-1. The van der Waals surface area contributed by atoms with E-state index in [1.807, 2.05) is 42.5 Å². The van der Waals surface area contributed by atoms with Gasteiger partial charge in [-0.1, -0.05) is 42.5 Å². The molecule has 0 atom stereocenters. The van der Waals surface area contributed by atoms with Gasteiger partial charge in [0.05, 0.1) is 7.11 Å². The van der Waals surface area contributed by atoms with Gasteiger partial charge in [-0.05, 0) is 12.1 Å². The Morgan fingerprint density at radius 1 is 0.944 bits per heavy atom. The van der Waals surface area contributed by atoms with Crippen LogP contribution in [0.25, 0.3) is 0 Å². The molecule has 0 fully saturated rings. The summed E-state index contributed by atoms with van der Waals surface area (Å²) in [7, 11) is 1.59. The average molecular weight is 252 g/mol. The molecule has 0 bridgehead atoms. The maximum atomic E-state index is 12.1. The van der Waals surface area contributed by atoms with Crippen molar-refractivity contribution in [3.8, 4) is 5.75 Å². The third-order valence-electron chi connectivity index (χ3n) is 2.37. The molecule has 0 radical (unpaired) electrons. The minimum Gasteiger partial charge on any atom is -0.870 e. The van der Waals surface area contributed by atoms with Crippen LogP contribution in [0.2, 0.25) is 0 Å². The number of rotatable bonds is 3. The quantitative estimate of drug-likeness (QED) is 0.559. The van der Waals surface area contributed by atoms with Gasteiger partial charge in [0.15, 0.2) is 5.78 Å². The van der Waals surface area contributed by atoms with E-state index >= 15 is 0 Å². The van der Waals surface area contributed by atoms with Gasteiger partial charge in [-0.15, -0.1) is 0 Å². The van der Waals surface area contributed by atoms with Crippen LogP contribution in [0.15, 0.2) is 54.6 Å². The summed E-state index contributed by atoms with van der Waals surface area (Å²) < 4.78 is 5.09. The summed E-state index contributed by atoms with van der Waals surface area (Å²) in [5.74, 6) is 0.710. The number of carbonyl (C=O) groups is 1. The van der Waals surface area contributed by atoms with Gasteiger partial charge >= 0.3 is 29.6 Å². The molecule has 0 aliphatic carbocycles. The maximum absolute atomic E-state index is 12.1. The zero-order valence-corrected chi connectivity index (χ0v) is 12.5. The van der Waals surface area contributed by atoms with E-state index in [2.05, 4.69) is 0 Å². The SMILES string of the molecule is COc1cccc(C(=O)c2ccccc2)c1.[Na+].[OH-]. The second-order valence-electron chi connectivity index (χ2n) is 3.43. The fraction of sp³-hybridized carbons (Fsp3) is 0.0714. The Hall–Kier alpha value is -1.13. The third kappa shape index (κ3) is 3.96. The molecule has 2 aromatic carbocycles.